The monoisotopic (exact) mass is 297 g/mol. The normalized spacial score (nSPS) is 20.8. The molecule has 6 heteroatoms. The Balaban J connectivity index is 2.36. The minimum atomic E-state index is -3.57. The van der Waals surface area contributed by atoms with Gasteiger partial charge in [-0.3, -0.25) is 4.79 Å². The second-order valence-corrected chi connectivity index (χ2v) is 6.73. The van der Waals surface area contributed by atoms with Gasteiger partial charge in [0.2, 0.25) is 10.0 Å². The van der Waals surface area contributed by atoms with Gasteiger partial charge in [-0.25, -0.2) is 8.42 Å². The standard InChI is InChI=1S/C14H19NO4S/c1-3-14(16)12-5-4-6-13(9-12)20(17,18)15-7-8-19-10-11(15)2/h4-6,9,11H,3,7-8,10H2,1-2H3. The average molecular weight is 297 g/mol. The number of hydrogen-bond donors (Lipinski definition) is 0. The highest BCUT2D eigenvalue weighted by Gasteiger charge is 2.31. The predicted molar refractivity (Wildman–Crippen MR) is 75.2 cm³/mol. The van der Waals surface area contributed by atoms with E-state index in [0.717, 1.165) is 0 Å². The lowest BCUT2D eigenvalue weighted by molar-refractivity contribution is 0.0393. The van der Waals surface area contributed by atoms with Gasteiger partial charge >= 0.3 is 0 Å². The summed E-state index contributed by atoms with van der Waals surface area (Å²) in [7, 11) is -3.57. The van der Waals surface area contributed by atoms with E-state index in [1.165, 1.54) is 16.4 Å². The average Bonchev–Trinajstić information content (AvgIpc) is 2.47. The lowest BCUT2D eigenvalue weighted by Crippen LogP contribution is -2.46. The van der Waals surface area contributed by atoms with Crippen LogP contribution in [0.15, 0.2) is 29.2 Å². The number of benzene rings is 1. The van der Waals surface area contributed by atoms with Gasteiger partial charge in [0.15, 0.2) is 5.78 Å². The van der Waals surface area contributed by atoms with E-state index in [2.05, 4.69) is 0 Å². The fourth-order valence-corrected chi connectivity index (χ4v) is 3.89. The number of ether oxygens (including phenoxy) is 1. The van der Waals surface area contributed by atoms with Crippen LogP contribution in [0.25, 0.3) is 0 Å². The molecule has 1 aliphatic rings. The number of Topliss-reactive ketones (excluding diaryl/α,β-unsaturated/α-hetero) is 1. The number of carbonyl (C=O) groups excluding carboxylic acids is 1. The van der Waals surface area contributed by atoms with E-state index in [1.54, 1.807) is 19.1 Å². The SMILES string of the molecule is CCC(=O)c1cccc(S(=O)(=O)N2CCOCC2C)c1. The Morgan fingerprint density at radius 2 is 2.20 bits per heavy atom. The highest BCUT2D eigenvalue weighted by atomic mass is 32.2. The first-order valence-corrected chi connectivity index (χ1v) is 8.13. The molecular formula is C14H19NO4S. The van der Waals surface area contributed by atoms with Crippen LogP contribution in [-0.4, -0.2) is 44.3 Å². The van der Waals surface area contributed by atoms with Crippen LogP contribution in [0.4, 0.5) is 0 Å². The van der Waals surface area contributed by atoms with Gasteiger partial charge in [-0.15, -0.1) is 0 Å². The molecule has 110 valence electrons. The van der Waals surface area contributed by atoms with E-state index in [-0.39, 0.29) is 16.7 Å². The van der Waals surface area contributed by atoms with Crippen LogP contribution in [0, 0.1) is 0 Å². The van der Waals surface area contributed by atoms with Gasteiger partial charge in [-0.1, -0.05) is 19.1 Å². The van der Waals surface area contributed by atoms with Crippen LogP contribution < -0.4 is 0 Å². The predicted octanol–water partition coefficient (Wildman–Crippen LogP) is 1.69. The van der Waals surface area contributed by atoms with E-state index in [1.807, 2.05) is 6.92 Å². The maximum absolute atomic E-state index is 12.6. The Labute approximate surface area is 119 Å². The molecule has 20 heavy (non-hydrogen) atoms. The van der Waals surface area contributed by atoms with Crippen LogP contribution in [0.2, 0.25) is 0 Å². The first-order valence-electron chi connectivity index (χ1n) is 6.69. The third-order valence-electron chi connectivity index (χ3n) is 3.39. The molecule has 0 radical (unpaired) electrons. The number of hydrogen-bond acceptors (Lipinski definition) is 4. The third-order valence-corrected chi connectivity index (χ3v) is 5.40. The molecule has 0 bridgehead atoms. The zero-order chi connectivity index (χ0) is 14.8. The van der Waals surface area contributed by atoms with Crippen molar-refractivity contribution < 1.29 is 17.9 Å². The van der Waals surface area contributed by atoms with Crippen LogP contribution in [0.1, 0.15) is 30.6 Å². The quantitative estimate of drug-likeness (QED) is 0.793. The fourth-order valence-electron chi connectivity index (χ4n) is 2.24. The van der Waals surface area contributed by atoms with Crippen molar-refractivity contribution in [2.24, 2.45) is 0 Å². The van der Waals surface area contributed by atoms with Crippen LogP contribution >= 0.6 is 0 Å². The van der Waals surface area contributed by atoms with Crippen molar-refractivity contribution in [3.63, 3.8) is 0 Å². The summed E-state index contributed by atoms with van der Waals surface area (Å²) in [4.78, 5) is 11.9. The third kappa shape index (κ3) is 2.92. The first kappa shape index (κ1) is 15.2. The van der Waals surface area contributed by atoms with Gasteiger partial charge in [-0.2, -0.15) is 4.31 Å². The van der Waals surface area contributed by atoms with E-state index in [0.29, 0.717) is 31.7 Å². The van der Waals surface area contributed by atoms with E-state index in [4.69, 9.17) is 4.74 Å². The van der Waals surface area contributed by atoms with E-state index in [9.17, 15) is 13.2 Å². The first-order chi connectivity index (χ1) is 9.46. The summed E-state index contributed by atoms with van der Waals surface area (Å²) in [5.74, 6) is -0.0583. The summed E-state index contributed by atoms with van der Waals surface area (Å²) in [5, 5.41) is 0. The lowest BCUT2D eigenvalue weighted by Gasteiger charge is -2.32. The molecule has 0 N–H and O–H groups in total. The number of morpholine rings is 1. The molecule has 0 amide bonds. The van der Waals surface area contributed by atoms with E-state index < -0.39 is 10.0 Å². The molecule has 5 nitrogen and oxygen atoms in total. The summed E-state index contributed by atoms with van der Waals surface area (Å²) in [5.41, 5.74) is 0.439. The summed E-state index contributed by atoms with van der Waals surface area (Å²) in [6.45, 7) is 4.71. The van der Waals surface area contributed by atoms with Crippen molar-refractivity contribution in [2.45, 2.75) is 31.2 Å². The number of nitrogens with zero attached hydrogens (tertiary/aromatic N) is 1. The molecule has 1 aliphatic heterocycles. The molecular weight excluding hydrogens is 278 g/mol. The summed E-state index contributed by atoms with van der Waals surface area (Å²) in [6.07, 6.45) is 0.359. The van der Waals surface area contributed by atoms with Crippen molar-refractivity contribution in [1.82, 2.24) is 4.31 Å². The molecule has 0 aromatic heterocycles. The molecule has 2 rings (SSSR count). The fraction of sp³-hybridized carbons (Fsp3) is 0.500. The van der Waals surface area contributed by atoms with Gasteiger partial charge in [0.25, 0.3) is 0 Å². The topological polar surface area (TPSA) is 63.7 Å². The maximum Gasteiger partial charge on any atom is 0.243 e. The smallest absolute Gasteiger partial charge is 0.243 e. The zero-order valence-electron chi connectivity index (χ0n) is 11.7. The van der Waals surface area contributed by atoms with Gasteiger partial charge in [0.05, 0.1) is 18.1 Å². The summed E-state index contributed by atoms with van der Waals surface area (Å²) < 4.78 is 31.9. The highest BCUT2D eigenvalue weighted by Crippen LogP contribution is 2.21. The van der Waals surface area contributed by atoms with Gasteiger partial charge in [-0.05, 0) is 19.1 Å². The molecule has 1 aromatic carbocycles. The van der Waals surface area contributed by atoms with Crippen molar-refractivity contribution in [2.75, 3.05) is 19.8 Å². The lowest BCUT2D eigenvalue weighted by atomic mass is 10.1. The molecule has 0 spiro atoms. The van der Waals surface area contributed by atoms with Crippen LogP contribution in [-0.2, 0) is 14.8 Å². The van der Waals surface area contributed by atoms with Gasteiger partial charge in [0, 0.05) is 24.6 Å². The van der Waals surface area contributed by atoms with Crippen molar-refractivity contribution in [3.05, 3.63) is 29.8 Å². The Morgan fingerprint density at radius 3 is 2.85 bits per heavy atom. The Hall–Kier alpha value is -1.24. The van der Waals surface area contributed by atoms with Gasteiger partial charge in [0.1, 0.15) is 0 Å². The molecule has 1 fully saturated rings. The van der Waals surface area contributed by atoms with Crippen molar-refractivity contribution >= 4 is 15.8 Å². The maximum atomic E-state index is 12.6. The second kappa shape index (κ2) is 6.03. The number of rotatable bonds is 4. The van der Waals surface area contributed by atoms with Crippen LogP contribution in [0.3, 0.4) is 0 Å². The summed E-state index contributed by atoms with van der Waals surface area (Å²) >= 11 is 0. The van der Waals surface area contributed by atoms with Crippen molar-refractivity contribution in [3.8, 4) is 0 Å². The van der Waals surface area contributed by atoms with Crippen molar-refractivity contribution in [1.29, 1.82) is 0 Å². The Bertz CT molecular complexity index is 597. The minimum absolute atomic E-state index is 0.0583. The Morgan fingerprint density at radius 1 is 1.45 bits per heavy atom. The highest BCUT2D eigenvalue weighted by molar-refractivity contribution is 7.89. The Kier molecular flexibility index (Phi) is 4.57. The van der Waals surface area contributed by atoms with E-state index >= 15 is 0 Å². The molecule has 0 aliphatic carbocycles. The van der Waals surface area contributed by atoms with Crippen LogP contribution in [0.5, 0.6) is 0 Å². The number of sulfonamides is 1. The zero-order valence-corrected chi connectivity index (χ0v) is 12.5. The number of carbonyl (C=O) groups is 1. The molecule has 1 unspecified atom stereocenters. The van der Waals surface area contributed by atoms with Gasteiger partial charge < -0.3 is 4.74 Å². The second-order valence-electron chi connectivity index (χ2n) is 4.84. The molecule has 1 saturated heterocycles. The minimum Gasteiger partial charge on any atom is -0.378 e. The number of ketones is 1. The summed E-state index contributed by atoms with van der Waals surface area (Å²) in [6, 6.07) is 6.06. The molecule has 1 heterocycles. The molecule has 1 aromatic rings. The molecule has 0 saturated carbocycles. The largest absolute Gasteiger partial charge is 0.378 e. The molecule has 1 atom stereocenters.